The van der Waals surface area contributed by atoms with E-state index in [0.717, 1.165) is 18.4 Å². The Balaban J connectivity index is 2.06. The van der Waals surface area contributed by atoms with E-state index in [4.69, 9.17) is 4.74 Å². The second-order valence-electron chi connectivity index (χ2n) is 6.67. The maximum absolute atomic E-state index is 12.8. The first-order valence-corrected chi connectivity index (χ1v) is 11.6. The molecular weight excluding hydrogens is 388 g/mol. The van der Waals surface area contributed by atoms with E-state index in [0.29, 0.717) is 11.3 Å². The molecule has 0 spiro atoms. The van der Waals surface area contributed by atoms with E-state index in [1.54, 1.807) is 26.0 Å². The lowest BCUT2D eigenvalue weighted by molar-refractivity contribution is -0.150. The van der Waals surface area contributed by atoms with Crippen molar-refractivity contribution in [2.45, 2.75) is 50.1 Å². The number of benzene rings is 1. The van der Waals surface area contributed by atoms with Gasteiger partial charge in [-0.15, -0.1) is 0 Å². The number of thioether (sulfide) groups is 1. The summed E-state index contributed by atoms with van der Waals surface area (Å²) in [6.45, 7) is 3.10. The summed E-state index contributed by atoms with van der Waals surface area (Å²) in [6.07, 6.45) is 4.01. The van der Waals surface area contributed by atoms with Crippen LogP contribution in [0.2, 0.25) is 0 Å². The minimum absolute atomic E-state index is 0.135. The molecule has 2 rings (SSSR count). The van der Waals surface area contributed by atoms with Crippen LogP contribution >= 0.6 is 11.8 Å². The highest BCUT2D eigenvalue weighted by Crippen LogP contribution is 2.19. The molecule has 0 radical (unpaired) electrons. The molecule has 1 atom stereocenters. The van der Waals surface area contributed by atoms with E-state index < -0.39 is 28.6 Å². The number of nitrogens with one attached hydrogen (secondary N) is 2. The van der Waals surface area contributed by atoms with Crippen LogP contribution < -0.4 is 10.0 Å². The third kappa shape index (κ3) is 6.82. The molecule has 9 heteroatoms. The minimum atomic E-state index is -3.90. The van der Waals surface area contributed by atoms with E-state index in [9.17, 15) is 18.0 Å². The predicted molar refractivity (Wildman–Crippen MR) is 105 cm³/mol. The van der Waals surface area contributed by atoms with Gasteiger partial charge in [0.15, 0.2) is 6.61 Å². The van der Waals surface area contributed by atoms with Crippen molar-refractivity contribution in [1.29, 1.82) is 0 Å². The molecule has 27 heavy (non-hydrogen) atoms. The van der Waals surface area contributed by atoms with Crippen molar-refractivity contribution in [3.8, 4) is 0 Å². The lowest BCUT2D eigenvalue weighted by atomic mass is 10.2. The average molecular weight is 415 g/mol. The number of carbonyl (C=O) groups excluding carboxylic acids is 2. The van der Waals surface area contributed by atoms with Crippen LogP contribution in [0.1, 0.15) is 30.4 Å². The van der Waals surface area contributed by atoms with Gasteiger partial charge in [-0.25, -0.2) is 8.42 Å². The van der Waals surface area contributed by atoms with Gasteiger partial charge in [-0.1, -0.05) is 12.1 Å². The number of carbonyl (C=O) groups is 2. The average Bonchev–Trinajstić information content (AvgIpc) is 3.42. The van der Waals surface area contributed by atoms with Gasteiger partial charge in [0.05, 0.1) is 4.90 Å². The summed E-state index contributed by atoms with van der Waals surface area (Å²) in [7, 11) is -3.90. The Morgan fingerprint density at radius 2 is 2.00 bits per heavy atom. The number of hydrogen-bond acceptors (Lipinski definition) is 6. The molecule has 1 aromatic rings. The standard InChI is InChI=1S/C18H26N2O5S2/c1-12-4-5-13(2)16(10-12)27(23,24)20-15(8-9-26-3)18(22)25-11-17(21)19-14-6-7-14/h4-5,10,14-15,20H,6-9,11H2,1-3H3,(H,19,21)/t15-/m0/s1. The molecule has 0 saturated heterocycles. The second kappa shape index (κ2) is 9.57. The van der Waals surface area contributed by atoms with Gasteiger partial charge in [-0.2, -0.15) is 16.5 Å². The topological polar surface area (TPSA) is 102 Å². The van der Waals surface area contributed by atoms with Gasteiger partial charge in [-0.3, -0.25) is 9.59 Å². The maximum atomic E-state index is 12.8. The Labute approximate surface area is 164 Å². The molecule has 1 aliphatic rings. The van der Waals surface area contributed by atoms with E-state index >= 15 is 0 Å². The van der Waals surface area contributed by atoms with Gasteiger partial charge in [0, 0.05) is 6.04 Å². The quantitative estimate of drug-likeness (QED) is 0.563. The zero-order valence-electron chi connectivity index (χ0n) is 15.8. The molecule has 0 unspecified atom stereocenters. The van der Waals surface area contributed by atoms with Crippen molar-refractivity contribution in [2.75, 3.05) is 18.6 Å². The van der Waals surface area contributed by atoms with Crippen LogP contribution in [-0.4, -0.2) is 51.0 Å². The molecule has 2 N–H and O–H groups in total. The maximum Gasteiger partial charge on any atom is 0.324 e. The Bertz CT molecular complexity index is 791. The highest BCUT2D eigenvalue weighted by Gasteiger charge is 2.29. The summed E-state index contributed by atoms with van der Waals surface area (Å²) in [4.78, 5) is 24.2. The SMILES string of the molecule is CSCC[C@H](NS(=O)(=O)c1cc(C)ccc1C)C(=O)OCC(=O)NC1CC1. The fourth-order valence-electron chi connectivity index (χ4n) is 2.44. The first kappa shape index (κ1) is 21.7. The smallest absolute Gasteiger partial charge is 0.324 e. The van der Waals surface area contributed by atoms with Crippen molar-refractivity contribution < 1.29 is 22.7 Å². The third-order valence-corrected chi connectivity index (χ3v) is 6.37. The highest BCUT2D eigenvalue weighted by atomic mass is 32.2. The zero-order valence-corrected chi connectivity index (χ0v) is 17.4. The Hall–Kier alpha value is -1.58. The van der Waals surface area contributed by atoms with Crippen LogP contribution in [-0.2, 0) is 24.3 Å². The molecule has 0 aromatic heterocycles. The summed E-state index contributed by atoms with van der Waals surface area (Å²) in [5.74, 6) is -0.542. The van der Waals surface area contributed by atoms with Crippen molar-refractivity contribution >= 4 is 33.7 Å². The zero-order chi connectivity index (χ0) is 20.0. The van der Waals surface area contributed by atoms with Crippen molar-refractivity contribution in [1.82, 2.24) is 10.0 Å². The monoisotopic (exact) mass is 414 g/mol. The van der Waals surface area contributed by atoms with Crippen molar-refractivity contribution in [3.05, 3.63) is 29.3 Å². The Morgan fingerprint density at radius 3 is 2.63 bits per heavy atom. The number of amides is 1. The van der Waals surface area contributed by atoms with Gasteiger partial charge in [0.25, 0.3) is 5.91 Å². The number of hydrogen-bond donors (Lipinski definition) is 2. The van der Waals surface area contributed by atoms with Gasteiger partial charge in [0.2, 0.25) is 10.0 Å². The summed E-state index contributed by atoms with van der Waals surface area (Å²) in [6, 6.07) is 4.24. The van der Waals surface area contributed by atoms with Crippen LogP contribution in [0, 0.1) is 13.8 Å². The fourth-order valence-corrected chi connectivity index (χ4v) is 4.46. The fraction of sp³-hybridized carbons (Fsp3) is 0.556. The predicted octanol–water partition coefficient (Wildman–Crippen LogP) is 1.53. The van der Waals surface area contributed by atoms with Crippen molar-refractivity contribution in [2.24, 2.45) is 0 Å². The number of rotatable bonds is 10. The number of aryl methyl sites for hydroxylation is 2. The first-order valence-electron chi connectivity index (χ1n) is 8.77. The number of ether oxygens (including phenoxy) is 1. The van der Waals surface area contributed by atoms with Crippen LogP contribution in [0.5, 0.6) is 0 Å². The van der Waals surface area contributed by atoms with E-state index in [1.807, 2.05) is 12.3 Å². The van der Waals surface area contributed by atoms with Gasteiger partial charge in [0.1, 0.15) is 6.04 Å². The minimum Gasteiger partial charge on any atom is -0.454 e. The van der Waals surface area contributed by atoms with Crippen molar-refractivity contribution in [3.63, 3.8) is 0 Å². The molecule has 150 valence electrons. The largest absolute Gasteiger partial charge is 0.454 e. The summed E-state index contributed by atoms with van der Waals surface area (Å²) in [5.41, 5.74) is 1.40. The molecule has 1 fully saturated rings. The summed E-state index contributed by atoms with van der Waals surface area (Å²) in [5, 5.41) is 2.72. The van der Waals surface area contributed by atoms with E-state index in [2.05, 4.69) is 10.0 Å². The van der Waals surface area contributed by atoms with Gasteiger partial charge in [-0.05, 0) is 62.3 Å². The first-order chi connectivity index (χ1) is 12.7. The number of sulfonamides is 1. The molecular formula is C18H26N2O5S2. The molecule has 1 saturated carbocycles. The summed E-state index contributed by atoms with van der Waals surface area (Å²) >= 11 is 1.49. The van der Waals surface area contributed by atoms with Crippen LogP contribution in [0.25, 0.3) is 0 Å². The molecule has 0 heterocycles. The number of esters is 1. The lowest BCUT2D eigenvalue weighted by Gasteiger charge is -2.18. The molecule has 1 amide bonds. The molecule has 1 aliphatic carbocycles. The lowest BCUT2D eigenvalue weighted by Crippen LogP contribution is -2.43. The van der Waals surface area contributed by atoms with Crippen LogP contribution in [0.4, 0.5) is 0 Å². The van der Waals surface area contributed by atoms with E-state index in [1.165, 1.54) is 11.8 Å². The van der Waals surface area contributed by atoms with Crippen LogP contribution in [0.15, 0.2) is 23.1 Å². The molecule has 0 aliphatic heterocycles. The van der Waals surface area contributed by atoms with E-state index in [-0.39, 0.29) is 23.3 Å². The van der Waals surface area contributed by atoms with Gasteiger partial charge >= 0.3 is 5.97 Å². The Kier molecular flexibility index (Phi) is 7.69. The highest BCUT2D eigenvalue weighted by molar-refractivity contribution is 7.98. The Morgan fingerprint density at radius 1 is 1.30 bits per heavy atom. The third-order valence-electron chi connectivity index (χ3n) is 4.11. The van der Waals surface area contributed by atoms with Crippen LogP contribution in [0.3, 0.4) is 0 Å². The normalized spacial score (nSPS) is 15.2. The molecule has 7 nitrogen and oxygen atoms in total. The molecule has 1 aromatic carbocycles. The summed E-state index contributed by atoms with van der Waals surface area (Å²) < 4.78 is 33.0. The molecule has 0 bridgehead atoms. The van der Waals surface area contributed by atoms with Gasteiger partial charge < -0.3 is 10.1 Å². The second-order valence-corrected chi connectivity index (χ2v) is 9.34.